The van der Waals surface area contributed by atoms with Crippen LogP contribution < -0.4 is 0 Å². The van der Waals surface area contributed by atoms with Crippen LogP contribution in [0, 0.1) is 0 Å². The van der Waals surface area contributed by atoms with Crippen LogP contribution in [0.4, 0.5) is 13.2 Å². The van der Waals surface area contributed by atoms with Crippen molar-refractivity contribution in [2.75, 3.05) is 7.11 Å². The molecule has 0 saturated heterocycles. The van der Waals surface area contributed by atoms with E-state index in [-0.39, 0.29) is 12.8 Å². The Hall–Kier alpha value is -0.830. The molecule has 0 aliphatic rings. The van der Waals surface area contributed by atoms with Gasteiger partial charge in [0.1, 0.15) is 0 Å². The summed E-state index contributed by atoms with van der Waals surface area (Å²) >= 11 is 0. The molecule has 0 bridgehead atoms. The molecule has 0 rings (SSSR count). The average Bonchev–Trinajstić information content (AvgIpc) is 2.14. The van der Waals surface area contributed by atoms with Crippen LogP contribution in [0.25, 0.3) is 0 Å². The quantitative estimate of drug-likeness (QED) is 0.424. The number of hydrogen-bond donors (Lipinski definition) is 0. The standard InChI is InChI=1S/C7H11F3O5S/c1-3-4-5(6(11)14-2)15-16(12,13)7(8,9)10/h5H,3-4H2,1-2H3/t5-/m0/s1. The predicted octanol–water partition coefficient (Wildman–Crippen LogP) is 1.19. The third-order valence-electron chi connectivity index (χ3n) is 1.54. The molecule has 0 aromatic rings. The number of halogens is 3. The summed E-state index contributed by atoms with van der Waals surface area (Å²) in [5.74, 6) is -1.16. The first-order valence-electron chi connectivity index (χ1n) is 4.23. The van der Waals surface area contributed by atoms with Gasteiger partial charge in [-0.2, -0.15) is 21.6 Å². The fraction of sp³-hybridized carbons (Fsp3) is 0.857. The van der Waals surface area contributed by atoms with Crippen LogP contribution in [0.3, 0.4) is 0 Å². The highest BCUT2D eigenvalue weighted by atomic mass is 32.2. The molecule has 0 heterocycles. The molecule has 0 fully saturated rings. The van der Waals surface area contributed by atoms with E-state index < -0.39 is 27.7 Å². The zero-order chi connectivity index (χ0) is 13.0. The van der Waals surface area contributed by atoms with Crippen LogP contribution >= 0.6 is 0 Å². The van der Waals surface area contributed by atoms with Crippen molar-refractivity contribution < 1.29 is 35.3 Å². The van der Waals surface area contributed by atoms with E-state index in [0.717, 1.165) is 7.11 Å². The normalized spacial score (nSPS) is 14.6. The number of ether oxygens (including phenoxy) is 1. The Balaban J connectivity index is 4.84. The van der Waals surface area contributed by atoms with Gasteiger partial charge in [-0.05, 0) is 6.42 Å². The minimum atomic E-state index is -5.78. The minimum absolute atomic E-state index is 0.179. The molecule has 0 amide bonds. The summed E-state index contributed by atoms with van der Waals surface area (Å²) in [5.41, 5.74) is -5.55. The third-order valence-corrected chi connectivity index (χ3v) is 2.59. The topological polar surface area (TPSA) is 69.7 Å². The number of carbonyl (C=O) groups is 1. The van der Waals surface area contributed by atoms with E-state index in [1.807, 2.05) is 0 Å². The van der Waals surface area contributed by atoms with Gasteiger partial charge in [-0.25, -0.2) is 8.98 Å². The van der Waals surface area contributed by atoms with Crippen molar-refractivity contribution in [3.63, 3.8) is 0 Å². The molecule has 0 spiro atoms. The van der Waals surface area contributed by atoms with Crippen LogP contribution in [-0.2, 0) is 23.8 Å². The number of esters is 1. The zero-order valence-corrected chi connectivity index (χ0v) is 9.39. The van der Waals surface area contributed by atoms with Gasteiger partial charge in [-0.1, -0.05) is 13.3 Å². The van der Waals surface area contributed by atoms with Gasteiger partial charge in [-0.3, -0.25) is 0 Å². The van der Waals surface area contributed by atoms with Gasteiger partial charge in [0.25, 0.3) is 0 Å². The lowest BCUT2D eigenvalue weighted by atomic mass is 10.2. The maximum Gasteiger partial charge on any atom is 0.523 e. The van der Waals surface area contributed by atoms with Crippen molar-refractivity contribution in [1.29, 1.82) is 0 Å². The molecular formula is C7H11F3O5S. The summed E-state index contributed by atoms with van der Waals surface area (Å²) in [7, 11) is -4.85. The fourth-order valence-corrected chi connectivity index (χ4v) is 1.40. The molecule has 9 heteroatoms. The Morgan fingerprint density at radius 1 is 1.38 bits per heavy atom. The van der Waals surface area contributed by atoms with Gasteiger partial charge in [0, 0.05) is 0 Å². The number of hydrogen-bond acceptors (Lipinski definition) is 5. The Morgan fingerprint density at radius 3 is 2.19 bits per heavy atom. The lowest BCUT2D eigenvalue weighted by molar-refractivity contribution is -0.149. The van der Waals surface area contributed by atoms with Crippen molar-refractivity contribution >= 4 is 16.1 Å². The lowest BCUT2D eigenvalue weighted by Crippen LogP contribution is -2.34. The van der Waals surface area contributed by atoms with Gasteiger partial charge in [0.2, 0.25) is 0 Å². The molecule has 5 nitrogen and oxygen atoms in total. The van der Waals surface area contributed by atoms with E-state index in [2.05, 4.69) is 8.92 Å². The number of carbonyl (C=O) groups excluding carboxylic acids is 1. The fourth-order valence-electron chi connectivity index (χ4n) is 0.806. The van der Waals surface area contributed by atoms with Crippen molar-refractivity contribution in [1.82, 2.24) is 0 Å². The zero-order valence-electron chi connectivity index (χ0n) is 8.57. The summed E-state index contributed by atoms with van der Waals surface area (Å²) in [6.45, 7) is 1.56. The smallest absolute Gasteiger partial charge is 0.467 e. The van der Waals surface area contributed by atoms with Crippen LogP contribution in [0.15, 0.2) is 0 Å². The molecule has 0 aromatic heterocycles. The van der Waals surface area contributed by atoms with Gasteiger partial charge >= 0.3 is 21.6 Å². The first-order chi connectivity index (χ1) is 7.15. The van der Waals surface area contributed by atoms with E-state index in [1.165, 1.54) is 0 Å². The van der Waals surface area contributed by atoms with Gasteiger partial charge < -0.3 is 4.74 Å². The Labute approximate surface area is 90.6 Å². The van der Waals surface area contributed by atoms with Crippen LogP contribution in [0.1, 0.15) is 19.8 Å². The second-order valence-corrected chi connectivity index (χ2v) is 4.36. The first-order valence-corrected chi connectivity index (χ1v) is 5.64. The molecule has 0 radical (unpaired) electrons. The maximum absolute atomic E-state index is 11.9. The predicted molar refractivity (Wildman–Crippen MR) is 46.8 cm³/mol. The van der Waals surface area contributed by atoms with Crippen molar-refractivity contribution in [2.24, 2.45) is 0 Å². The largest absolute Gasteiger partial charge is 0.523 e. The third kappa shape index (κ3) is 3.97. The molecule has 0 unspecified atom stereocenters. The molecule has 16 heavy (non-hydrogen) atoms. The summed E-state index contributed by atoms with van der Waals surface area (Å²) < 4.78 is 64.9. The molecule has 1 atom stereocenters. The Bertz CT molecular complexity index is 334. The van der Waals surface area contributed by atoms with Crippen molar-refractivity contribution in [2.45, 2.75) is 31.4 Å². The van der Waals surface area contributed by atoms with E-state index >= 15 is 0 Å². The van der Waals surface area contributed by atoms with E-state index in [0.29, 0.717) is 0 Å². The van der Waals surface area contributed by atoms with E-state index in [1.54, 1.807) is 6.92 Å². The van der Waals surface area contributed by atoms with Gasteiger partial charge in [0.15, 0.2) is 6.10 Å². The minimum Gasteiger partial charge on any atom is -0.467 e. The van der Waals surface area contributed by atoms with Crippen LogP contribution in [-0.4, -0.2) is 33.1 Å². The van der Waals surface area contributed by atoms with Crippen molar-refractivity contribution in [3.8, 4) is 0 Å². The van der Waals surface area contributed by atoms with Crippen LogP contribution in [0.2, 0.25) is 0 Å². The summed E-state index contributed by atoms with van der Waals surface area (Å²) in [5, 5.41) is 0. The highest BCUT2D eigenvalue weighted by molar-refractivity contribution is 7.87. The highest BCUT2D eigenvalue weighted by Crippen LogP contribution is 2.26. The highest BCUT2D eigenvalue weighted by Gasteiger charge is 2.49. The second kappa shape index (κ2) is 5.48. The monoisotopic (exact) mass is 264 g/mol. The van der Waals surface area contributed by atoms with Crippen molar-refractivity contribution in [3.05, 3.63) is 0 Å². The number of rotatable bonds is 5. The lowest BCUT2D eigenvalue weighted by Gasteiger charge is -2.15. The van der Waals surface area contributed by atoms with Crippen LogP contribution in [0.5, 0.6) is 0 Å². The van der Waals surface area contributed by atoms with Gasteiger partial charge in [0.05, 0.1) is 7.11 Å². The molecule has 96 valence electrons. The van der Waals surface area contributed by atoms with E-state index in [9.17, 15) is 26.4 Å². The van der Waals surface area contributed by atoms with Gasteiger partial charge in [-0.15, -0.1) is 0 Å². The molecular weight excluding hydrogens is 253 g/mol. The molecule has 0 N–H and O–H groups in total. The average molecular weight is 264 g/mol. The summed E-state index contributed by atoms with van der Waals surface area (Å²) in [4.78, 5) is 10.9. The molecule has 0 aromatic carbocycles. The summed E-state index contributed by atoms with van der Waals surface area (Å²) in [6, 6.07) is 0. The first kappa shape index (κ1) is 15.2. The number of methoxy groups -OCH3 is 1. The Morgan fingerprint density at radius 2 is 1.88 bits per heavy atom. The SMILES string of the molecule is CCC[C@H](OS(=O)(=O)C(F)(F)F)C(=O)OC. The Kier molecular flexibility index (Phi) is 5.20. The molecule has 0 aliphatic heterocycles. The number of alkyl halides is 3. The molecule has 0 aliphatic carbocycles. The summed E-state index contributed by atoms with van der Waals surface area (Å²) in [6.07, 6.45) is -1.67. The maximum atomic E-state index is 11.9. The molecule has 0 saturated carbocycles. The second-order valence-electron chi connectivity index (χ2n) is 2.80. The van der Waals surface area contributed by atoms with E-state index in [4.69, 9.17) is 0 Å².